The molecule has 0 spiro atoms. The molecule has 1 rings (SSSR count). The maximum Gasteiger partial charge on any atom is 0.311 e. The fraction of sp³-hybridized carbons (Fsp3) is 0.889. The molecule has 1 atom stereocenters. The third kappa shape index (κ3) is 5.38. The zero-order valence-corrected chi connectivity index (χ0v) is 14.1. The molecule has 22 heavy (non-hydrogen) atoms. The molecule has 0 aromatic heterocycles. The van der Waals surface area contributed by atoms with E-state index in [1.165, 1.54) is 25.7 Å². The molecule has 0 aromatic rings. The molecule has 0 amide bonds. The molecule has 0 heterocycles. The highest BCUT2D eigenvalue weighted by Gasteiger charge is 2.47. The Balaban J connectivity index is 2.35. The summed E-state index contributed by atoms with van der Waals surface area (Å²) in [6, 6.07) is -0.828. The van der Waals surface area contributed by atoms with Crippen LogP contribution in [-0.4, -0.2) is 22.9 Å². The van der Waals surface area contributed by atoms with Crippen LogP contribution in [0, 0.1) is 5.41 Å². The molecular weight excluding hydrogens is 278 g/mol. The number of unbranched alkanes of at least 4 members (excludes halogenated alkanes) is 6. The van der Waals surface area contributed by atoms with Crippen LogP contribution in [0.4, 0.5) is 0 Å². The average molecular weight is 311 g/mol. The van der Waals surface area contributed by atoms with Crippen LogP contribution in [0.1, 0.15) is 90.4 Å². The van der Waals surface area contributed by atoms with E-state index in [0.29, 0.717) is 19.3 Å². The molecule has 128 valence electrons. The predicted molar refractivity (Wildman–Crippen MR) is 88.7 cm³/mol. The van der Waals surface area contributed by atoms with Crippen molar-refractivity contribution in [3.8, 4) is 0 Å². The van der Waals surface area contributed by atoms with Crippen molar-refractivity contribution in [2.75, 3.05) is 0 Å². The second-order valence-electron chi connectivity index (χ2n) is 6.84. The zero-order valence-electron chi connectivity index (χ0n) is 14.1. The minimum Gasteiger partial charge on any atom is -0.481 e. The van der Waals surface area contributed by atoms with Crippen molar-refractivity contribution in [3.63, 3.8) is 0 Å². The first kappa shape index (κ1) is 19.1. The zero-order chi connectivity index (χ0) is 16.4. The van der Waals surface area contributed by atoms with E-state index >= 15 is 0 Å². The van der Waals surface area contributed by atoms with Crippen LogP contribution in [-0.2, 0) is 9.59 Å². The van der Waals surface area contributed by atoms with Gasteiger partial charge in [-0.05, 0) is 19.3 Å². The first-order valence-electron chi connectivity index (χ1n) is 9.06. The van der Waals surface area contributed by atoms with Gasteiger partial charge in [-0.25, -0.2) is 0 Å². The van der Waals surface area contributed by atoms with Gasteiger partial charge in [0.1, 0.15) is 0 Å². The molecule has 1 unspecified atom stereocenters. The van der Waals surface area contributed by atoms with Crippen molar-refractivity contribution in [2.24, 2.45) is 11.1 Å². The van der Waals surface area contributed by atoms with Crippen molar-refractivity contribution in [1.82, 2.24) is 0 Å². The summed E-state index contributed by atoms with van der Waals surface area (Å²) >= 11 is 0. The SMILES string of the molecule is CCCCCCCCCC(=O)C(N)C1(C(=O)O)CCCCC1. The molecule has 0 saturated heterocycles. The molecule has 1 fully saturated rings. The Morgan fingerprint density at radius 3 is 2.09 bits per heavy atom. The predicted octanol–water partition coefficient (Wildman–Crippen LogP) is 4.06. The van der Waals surface area contributed by atoms with E-state index in [4.69, 9.17) is 5.73 Å². The molecule has 1 saturated carbocycles. The van der Waals surface area contributed by atoms with Crippen LogP contribution in [0.25, 0.3) is 0 Å². The summed E-state index contributed by atoms with van der Waals surface area (Å²) in [5.41, 5.74) is 5.07. The van der Waals surface area contributed by atoms with Crippen molar-refractivity contribution in [3.05, 3.63) is 0 Å². The molecule has 4 heteroatoms. The number of carbonyl (C=O) groups excluding carboxylic acids is 1. The first-order valence-corrected chi connectivity index (χ1v) is 9.06. The normalized spacial score (nSPS) is 18.8. The van der Waals surface area contributed by atoms with Gasteiger partial charge in [-0.3, -0.25) is 9.59 Å². The molecule has 4 nitrogen and oxygen atoms in total. The number of carbonyl (C=O) groups is 2. The monoisotopic (exact) mass is 311 g/mol. The number of carboxylic acid groups (broad SMARTS) is 1. The van der Waals surface area contributed by atoms with Gasteiger partial charge < -0.3 is 10.8 Å². The van der Waals surface area contributed by atoms with Gasteiger partial charge in [0.15, 0.2) is 5.78 Å². The summed E-state index contributed by atoms with van der Waals surface area (Å²) in [5.74, 6) is -0.939. The minimum absolute atomic E-state index is 0.0575. The molecule has 0 radical (unpaired) electrons. The van der Waals surface area contributed by atoms with Gasteiger partial charge in [-0.1, -0.05) is 64.7 Å². The summed E-state index contributed by atoms with van der Waals surface area (Å²) in [4.78, 5) is 24.0. The summed E-state index contributed by atoms with van der Waals surface area (Å²) in [6.45, 7) is 2.20. The molecule has 0 aliphatic heterocycles. The Morgan fingerprint density at radius 1 is 1.00 bits per heavy atom. The molecule has 1 aliphatic carbocycles. The van der Waals surface area contributed by atoms with E-state index in [9.17, 15) is 14.7 Å². The fourth-order valence-corrected chi connectivity index (χ4v) is 3.56. The maximum absolute atomic E-state index is 12.3. The van der Waals surface area contributed by atoms with E-state index < -0.39 is 17.4 Å². The number of hydrogen-bond donors (Lipinski definition) is 2. The summed E-state index contributed by atoms with van der Waals surface area (Å²) in [5, 5.41) is 9.57. The minimum atomic E-state index is -1.00. The number of carboxylic acids is 1. The third-order valence-electron chi connectivity index (χ3n) is 5.14. The van der Waals surface area contributed by atoms with Gasteiger partial charge in [0, 0.05) is 6.42 Å². The largest absolute Gasteiger partial charge is 0.481 e. The lowest BCUT2D eigenvalue weighted by atomic mass is 9.67. The summed E-state index contributed by atoms with van der Waals surface area (Å²) < 4.78 is 0. The van der Waals surface area contributed by atoms with Gasteiger partial charge in [0.25, 0.3) is 0 Å². The number of ketones is 1. The highest BCUT2D eigenvalue weighted by molar-refractivity contribution is 5.91. The smallest absolute Gasteiger partial charge is 0.311 e. The fourth-order valence-electron chi connectivity index (χ4n) is 3.56. The Hall–Kier alpha value is -0.900. The number of nitrogens with two attached hydrogens (primary N) is 1. The lowest BCUT2D eigenvalue weighted by molar-refractivity contribution is -0.155. The van der Waals surface area contributed by atoms with Crippen LogP contribution < -0.4 is 5.73 Å². The average Bonchev–Trinajstić information content (AvgIpc) is 2.53. The second-order valence-corrected chi connectivity index (χ2v) is 6.84. The Kier molecular flexibility index (Phi) is 8.69. The third-order valence-corrected chi connectivity index (χ3v) is 5.14. The van der Waals surface area contributed by atoms with Crippen LogP contribution >= 0.6 is 0 Å². The molecular formula is C18H33NO3. The van der Waals surface area contributed by atoms with Crippen molar-refractivity contribution >= 4 is 11.8 Å². The van der Waals surface area contributed by atoms with Crippen LogP contribution in [0.2, 0.25) is 0 Å². The molecule has 1 aliphatic rings. The van der Waals surface area contributed by atoms with E-state index in [-0.39, 0.29) is 5.78 Å². The number of rotatable bonds is 11. The van der Waals surface area contributed by atoms with Gasteiger partial charge >= 0.3 is 5.97 Å². The lowest BCUT2D eigenvalue weighted by Crippen LogP contribution is -2.53. The summed E-state index contributed by atoms with van der Waals surface area (Å²) in [7, 11) is 0. The Morgan fingerprint density at radius 2 is 1.55 bits per heavy atom. The van der Waals surface area contributed by atoms with Crippen LogP contribution in [0.5, 0.6) is 0 Å². The van der Waals surface area contributed by atoms with E-state index in [2.05, 4.69) is 6.92 Å². The Labute approximate surface area is 134 Å². The standard InChI is InChI=1S/C18H33NO3/c1-2-3-4-5-6-7-9-12-15(20)16(19)18(17(21)22)13-10-8-11-14-18/h16H,2-14,19H2,1H3,(H,21,22). The van der Waals surface area contributed by atoms with Crippen molar-refractivity contribution < 1.29 is 14.7 Å². The van der Waals surface area contributed by atoms with Gasteiger partial charge in [0.2, 0.25) is 0 Å². The summed E-state index contributed by atoms with van der Waals surface area (Å²) in [6.07, 6.45) is 12.4. The molecule has 3 N–H and O–H groups in total. The van der Waals surface area contributed by atoms with Crippen molar-refractivity contribution in [2.45, 2.75) is 96.4 Å². The van der Waals surface area contributed by atoms with Crippen LogP contribution in [0.15, 0.2) is 0 Å². The first-order chi connectivity index (χ1) is 10.5. The van der Waals surface area contributed by atoms with Gasteiger partial charge in [-0.15, -0.1) is 0 Å². The van der Waals surface area contributed by atoms with E-state index in [1.807, 2.05) is 0 Å². The highest BCUT2D eigenvalue weighted by atomic mass is 16.4. The van der Waals surface area contributed by atoms with Gasteiger partial charge in [0.05, 0.1) is 11.5 Å². The lowest BCUT2D eigenvalue weighted by Gasteiger charge is -2.37. The number of Topliss-reactive ketones (excluding diaryl/α,β-unsaturated/α-hetero) is 1. The number of aliphatic carboxylic acids is 1. The van der Waals surface area contributed by atoms with Crippen molar-refractivity contribution in [1.29, 1.82) is 0 Å². The quantitative estimate of drug-likeness (QED) is 0.564. The van der Waals surface area contributed by atoms with E-state index in [0.717, 1.165) is 38.5 Å². The van der Waals surface area contributed by atoms with E-state index in [1.54, 1.807) is 0 Å². The molecule has 0 aromatic carbocycles. The topological polar surface area (TPSA) is 80.4 Å². The Bertz CT molecular complexity index is 348. The van der Waals surface area contributed by atoms with Gasteiger partial charge in [-0.2, -0.15) is 0 Å². The second kappa shape index (κ2) is 9.98. The maximum atomic E-state index is 12.3. The highest BCUT2D eigenvalue weighted by Crippen LogP contribution is 2.39. The number of hydrogen-bond acceptors (Lipinski definition) is 3. The van der Waals surface area contributed by atoms with Crippen LogP contribution in [0.3, 0.4) is 0 Å². The molecule has 0 bridgehead atoms.